The molecule has 2 aliphatic rings. The Labute approximate surface area is 129 Å². The van der Waals surface area contributed by atoms with Crippen LogP contribution in [0.2, 0.25) is 0 Å². The van der Waals surface area contributed by atoms with Gasteiger partial charge in [-0.05, 0) is 57.2 Å². The molecule has 2 rings (SSSR count). The number of carbonyl (C=O) groups is 1. The molecule has 2 unspecified atom stereocenters. The number of amides is 1. The van der Waals surface area contributed by atoms with Gasteiger partial charge in [0.1, 0.15) is 0 Å². The fourth-order valence-electron chi connectivity index (χ4n) is 3.05. The van der Waals surface area contributed by atoms with Gasteiger partial charge in [-0.1, -0.05) is 13.8 Å². The van der Waals surface area contributed by atoms with Crippen LogP contribution in [0.4, 0.5) is 0 Å². The van der Waals surface area contributed by atoms with Crippen LogP contribution in [-0.4, -0.2) is 49.6 Å². The van der Waals surface area contributed by atoms with Crippen molar-refractivity contribution in [3.63, 3.8) is 0 Å². The molecule has 0 aromatic rings. The lowest BCUT2D eigenvalue weighted by Crippen LogP contribution is -2.50. The summed E-state index contributed by atoms with van der Waals surface area (Å²) in [6, 6.07) is 0.0325. The molecule has 2 aliphatic heterocycles. The van der Waals surface area contributed by atoms with Gasteiger partial charge in [0.05, 0.1) is 6.04 Å². The molecule has 1 amide bonds. The zero-order valence-corrected chi connectivity index (χ0v) is 13.7. The van der Waals surface area contributed by atoms with Crippen molar-refractivity contribution in [1.82, 2.24) is 15.5 Å². The Morgan fingerprint density at radius 1 is 1.20 bits per heavy atom. The van der Waals surface area contributed by atoms with Crippen LogP contribution in [0.5, 0.6) is 0 Å². The highest BCUT2D eigenvalue weighted by Crippen LogP contribution is 2.16. The molecule has 2 N–H and O–H groups in total. The van der Waals surface area contributed by atoms with Crippen LogP contribution in [0.15, 0.2) is 0 Å². The smallest absolute Gasteiger partial charge is 0.237 e. The number of rotatable bonds is 4. The zero-order valence-electron chi connectivity index (χ0n) is 12.9. The van der Waals surface area contributed by atoms with Crippen LogP contribution in [-0.2, 0) is 4.79 Å². The Morgan fingerprint density at radius 3 is 2.55 bits per heavy atom. The van der Waals surface area contributed by atoms with E-state index in [1.54, 1.807) is 0 Å². The van der Waals surface area contributed by atoms with E-state index in [0.717, 1.165) is 32.0 Å². The molecule has 118 valence electrons. The number of nitrogens with one attached hydrogen (secondary N) is 2. The van der Waals surface area contributed by atoms with E-state index in [4.69, 9.17) is 0 Å². The minimum atomic E-state index is 0. The van der Waals surface area contributed by atoms with Crippen molar-refractivity contribution in [3.05, 3.63) is 0 Å². The van der Waals surface area contributed by atoms with Gasteiger partial charge in [-0.15, -0.1) is 12.4 Å². The summed E-state index contributed by atoms with van der Waals surface area (Å²) in [5.41, 5.74) is 0. The summed E-state index contributed by atoms with van der Waals surface area (Å²) < 4.78 is 0. The van der Waals surface area contributed by atoms with E-state index in [1.807, 2.05) is 0 Å². The highest BCUT2D eigenvalue weighted by atomic mass is 35.5. The maximum Gasteiger partial charge on any atom is 0.237 e. The SMILES string of the molecule is CC1CCN(CCNC(=O)C2CC(C)CCN2)CC1.Cl. The Kier molecular flexibility index (Phi) is 7.85. The minimum absolute atomic E-state index is 0. The highest BCUT2D eigenvalue weighted by molar-refractivity contribution is 5.85. The van der Waals surface area contributed by atoms with Crippen molar-refractivity contribution in [3.8, 4) is 0 Å². The molecule has 0 bridgehead atoms. The lowest BCUT2D eigenvalue weighted by molar-refractivity contribution is -0.124. The molecule has 0 aromatic carbocycles. The lowest BCUT2D eigenvalue weighted by atomic mass is 9.94. The van der Waals surface area contributed by atoms with Crippen molar-refractivity contribution in [2.45, 2.75) is 45.6 Å². The lowest BCUT2D eigenvalue weighted by Gasteiger charge is -2.31. The van der Waals surface area contributed by atoms with E-state index in [9.17, 15) is 4.79 Å². The third-order valence-corrected chi connectivity index (χ3v) is 4.59. The molecule has 2 atom stereocenters. The van der Waals surface area contributed by atoms with Crippen LogP contribution in [0.3, 0.4) is 0 Å². The van der Waals surface area contributed by atoms with E-state index >= 15 is 0 Å². The maximum atomic E-state index is 12.0. The van der Waals surface area contributed by atoms with Gasteiger partial charge in [-0.25, -0.2) is 0 Å². The van der Waals surface area contributed by atoms with Crippen LogP contribution >= 0.6 is 12.4 Å². The molecule has 4 nitrogen and oxygen atoms in total. The molecule has 2 fully saturated rings. The van der Waals surface area contributed by atoms with Crippen molar-refractivity contribution in [2.75, 3.05) is 32.7 Å². The first kappa shape index (κ1) is 17.7. The van der Waals surface area contributed by atoms with Gasteiger partial charge in [0.15, 0.2) is 0 Å². The number of likely N-dealkylation sites (tertiary alicyclic amines) is 1. The number of carbonyl (C=O) groups excluding carboxylic acids is 1. The molecule has 0 aromatic heterocycles. The summed E-state index contributed by atoms with van der Waals surface area (Å²) in [5.74, 6) is 1.73. The Morgan fingerprint density at radius 2 is 1.90 bits per heavy atom. The maximum absolute atomic E-state index is 12.0. The van der Waals surface area contributed by atoms with Gasteiger partial charge in [-0.3, -0.25) is 4.79 Å². The number of piperidine rings is 2. The summed E-state index contributed by atoms with van der Waals surface area (Å²) in [4.78, 5) is 14.5. The highest BCUT2D eigenvalue weighted by Gasteiger charge is 2.24. The Hall–Kier alpha value is -0.320. The molecule has 2 saturated heterocycles. The van der Waals surface area contributed by atoms with Crippen molar-refractivity contribution < 1.29 is 4.79 Å². The second kappa shape index (κ2) is 8.85. The summed E-state index contributed by atoms with van der Waals surface area (Å²) in [6.07, 6.45) is 4.77. The molecule has 20 heavy (non-hydrogen) atoms. The first-order valence-corrected chi connectivity index (χ1v) is 7.88. The fourth-order valence-corrected chi connectivity index (χ4v) is 3.05. The minimum Gasteiger partial charge on any atom is -0.353 e. The van der Waals surface area contributed by atoms with Crippen LogP contribution in [0.25, 0.3) is 0 Å². The van der Waals surface area contributed by atoms with E-state index in [-0.39, 0.29) is 24.4 Å². The monoisotopic (exact) mass is 303 g/mol. The summed E-state index contributed by atoms with van der Waals surface area (Å²) in [5, 5.41) is 6.41. The van der Waals surface area contributed by atoms with E-state index in [2.05, 4.69) is 29.4 Å². The van der Waals surface area contributed by atoms with Gasteiger partial charge in [-0.2, -0.15) is 0 Å². The van der Waals surface area contributed by atoms with Gasteiger partial charge in [0.2, 0.25) is 5.91 Å². The van der Waals surface area contributed by atoms with Gasteiger partial charge in [0.25, 0.3) is 0 Å². The van der Waals surface area contributed by atoms with Gasteiger partial charge >= 0.3 is 0 Å². The van der Waals surface area contributed by atoms with Crippen LogP contribution in [0, 0.1) is 11.8 Å². The van der Waals surface area contributed by atoms with Crippen molar-refractivity contribution >= 4 is 18.3 Å². The quantitative estimate of drug-likeness (QED) is 0.830. The first-order chi connectivity index (χ1) is 9.15. The average molecular weight is 304 g/mol. The fraction of sp³-hybridized carbons (Fsp3) is 0.933. The third kappa shape index (κ3) is 5.58. The standard InChI is InChI=1S/C15H29N3O.ClH/c1-12-4-8-18(9-5-12)10-7-17-15(19)14-11-13(2)3-6-16-14;/h12-14,16H,3-11H2,1-2H3,(H,17,19);1H. The second-order valence-corrected chi connectivity index (χ2v) is 6.45. The summed E-state index contributed by atoms with van der Waals surface area (Å²) in [6.45, 7) is 9.71. The van der Waals surface area contributed by atoms with Gasteiger partial charge in [0, 0.05) is 13.1 Å². The summed E-state index contributed by atoms with van der Waals surface area (Å²) >= 11 is 0. The molecule has 0 spiro atoms. The predicted molar refractivity (Wildman–Crippen MR) is 85.3 cm³/mol. The molecule has 0 saturated carbocycles. The normalized spacial score (nSPS) is 28.7. The predicted octanol–water partition coefficient (Wildman–Crippen LogP) is 1.64. The number of hydrogen-bond acceptors (Lipinski definition) is 3. The first-order valence-electron chi connectivity index (χ1n) is 7.88. The third-order valence-electron chi connectivity index (χ3n) is 4.59. The second-order valence-electron chi connectivity index (χ2n) is 6.45. The topological polar surface area (TPSA) is 44.4 Å². The Balaban J connectivity index is 0.00000200. The van der Waals surface area contributed by atoms with Crippen LogP contribution in [0.1, 0.15) is 39.5 Å². The molecule has 5 heteroatoms. The number of hydrogen-bond donors (Lipinski definition) is 2. The van der Waals surface area contributed by atoms with E-state index in [1.165, 1.54) is 32.4 Å². The van der Waals surface area contributed by atoms with Gasteiger partial charge < -0.3 is 15.5 Å². The van der Waals surface area contributed by atoms with Crippen molar-refractivity contribution in [1.29, 1.82) is 0 Å². The Bertz CT molecular complexity index is 293. The van der Waals surface area contributed by atoms with E-state index in [0.29, 0.717) is 5.92 Å². The van der Waals surface area contributed by atoms with E-state index < -0.39 is 0 Å². The molecule has 2 heterocycles. The molecular weight excluding hydrogens is 274 g/mol. The number of nitrogens with zero attached hydrogens (tertiary/aromatic N) is 1. The van der Waals surface area contributed by atoms with Crippen LogP contribution < -0.4 is 10.6 Å². The summed E-state index contributed by atoms with van der Waals surface area (Å²) in [7, 11) is 0. The zero-order chi connectivity index (χ0) is 13.7. The average Bonchev–Trinajstić information content (AvgIpc) is 2.41. The number of halogens is 1. The van der Waals surface area contributed by atoms with Crippen molar-refractivity contribution in [2.24, 2.45) is 11.8 Å². The largest absolute Gasteiger partial charge is 0.353 e. The molecular formula is C15H30ClN3O. The molecule has 0 aliphatic carbocycles. The molecule has 0 radical (unpaired) electrons.